The van der Waals surface area contributed by atoms with Crippen LogP contribution < -0.4 is 5.32 Å². The van der Waals surface area contributed by atoms with E-state index in [2.05, 4.69) is 30.5 Å². The summed E-state index contributed by atoms with van der Waals surface area (Å²) in [6.45, 7) is 3.66. The van der Waals surface area contributed by atoms with Crippen molar-refractivity contribution in [2.75, 3.05) is 5.32 Å². The summed E-state index contributed by atoms with van der Waals surface area (Å²) in [5.41, 5.74) is 7.51. The highest BCUT2D eigenvalue weighted by Crippen LogP contribution is 2.33. The van der Waals surface area contributed by atoms with Gasteiger partial charge in [0, 0.05) is 35.3 Å². The van der Waals surface area contributed by atoms with Crippen LogP contribution in [0.3, 0.4) is 0 Å². The molecule has 0 bridgehead atoms. The monoisotopic (exact) mass is 491 g/mol. The van der Waals surface area contributed by atoms with Gasteiger partial charge in [-0.2, -0.15) is 5.10 Å². The van der Waals surface area contributed by atoms with Crippen LogP contribution in [0, 0.1) is 12.7 Å². The van der Waals surface area contributed by atoms with Crippen molar-refractivity contribution in [3.63, 3.8) is 0 Å². The van der Waals surface area contributed by atoms with Crippen LogP contribution in [-0.2, 0) is 4.79 Å². The van der Waals surface area contributed by atoms with Crippen LogP contribution in [0.1, 0.15) is 18.9 Å². The van der Waals surface area contributed by atoms with Gasteiger partial charge < -0.3 is 10.3 Å². The Balaban J connectivity index is 1.43. The lowest BCUT2D eigenvalue weighted by Crippen LogP contribution is -2.09. The molecule has 0 aliphatic heterocycles. The molecule has 3 N–H and O–H groups in total. The highest BCUT2D eigenvalue weighted by molar-refractivity contribution is 5.98. The number of carbonyl (C=O) groups is 1. The molecule has 0 unspecified atom stereocenters. The fourth-order valence-electron chi connectivity index (χ4n) is 4.45. The fourth-order valence-corrected chi connectivity index (χ4v) is 4.45. The molecule has 0 aliphatic rings. The maximum Gasteiger partial charge on any atom is 0.224 e. The van der Waals surface area contributed by atoms with E-state index in [0.29, 0.717) is 34.8 Å². The number of aromatic nitrogens is 6. The summed E-state index contributed by atoms with van der Waals surface area (Å²) < 4.78 is 14.1. The zero-order valence-corrected chi connectivity index (χ0v) is 20.1. The van der Waals surface area contributed by atoms with Crippen LogP contribution in [0.2, 0.25) is 0 Å². The molecule has 0 saturated heterocycles. The number of imidazole rings is 1. The number of aromatic amines is 2. The Bertz CT molecular complexity index is 1780. The third kappa shape index (κ3) is 4.20. The van der Waals surface area contributed by atoms with E-state index in [1.54, 1.807) is 25.5 Å². The van der Waals surface area contributed by atoms with Crippen LogP contribution in [0.25, 0.3) is 55.8 Å². The predicted molar refractivity (Wildman–Crippen MR) is 141 cm³/mol. The fraction of sp³-hybridized carbons (Fsp3) is 0.107. The molecule has 1 amide bonds. The van der Waals surface area contributed by atoms with Crippen molar-refractivity contribution in [2.24, 2.45) is 0 Å². The Morgan fingerprint density at radius 1 is 1.03 bits per heavy atom. The van der Waals surface area contributed by atoms with E-state index >= 15 is 0 Å². The number of hydrogen-bond acceptors (Lipinski definition) is 5. The van der Waals surface area contributed by atoms with Gasteiger partial charge in [0.1, 0.15) is 11.5 Å². The van der Waals surface area contributed by atoms with Crippen molar-refractivity contribution in [1.82, 2.24) is 30.1 Å². The molecule has 8 nitrogen and oxygen atoms in total. The molecule has 6 rings (SSSR count). The van der Waals surface area contributed by atoms with E-state index in [9.17, 15) is 9.18 Å². The van der Waals surface area contributed by atoms with Crippen LogP contribution in [0.15, 0.2) is 67.1 Å². The van der Waals surface area contributed by atoms with E-state index in [4.69, 9.17) is 4.98 Å². The number of amides is 1. The minimum Gasteiger partial charge on any atom is -0.335 e. The number of pyridine rings is 2. The minimum absolute atomic E-state index is 0.0715. The van der Waals surface area contributed by atoms with Crippen LogP contribution in [0.4, 0.5) is 10.1 Å². The summed E-state index contributed by atoms with van der Waals surface area (Å²) >= 11 is 0. The van der Waals surface area contributed by atoms with Gasteiger partial charge in [0.25, 0.3) is 0 Å². The minimum atomic E-state index is -0.293. The van der Waals surface area contributed by atoms with Crippen molar-refractivity contribution < 1.29 is 9.18 Å². The lowest BCUT2D eigenvalue weighted by molar-refractivity contribution is -0.115. The average Bonchev–Trinajstić information content (AvgIpc) is 3.51. The Morgan fingerprint density at radius 2 is 1.92 bits per heavy atom. The number of benzene rings is 2. The molecule has 0 radical (unpaired) electrons. The molecule has 4 heterocycles. The normalized spacial score (nSPS) is 11.3. The SMILES string of the molecule is CCC(=O)Nc1cncc(-c2ccc3[nH]nc(-c4nc5nccc(-c6cc(C)cc(F)c6)c5[nH]4)c3c2)c1. The number of carbonyl (C=O) groups excluding carboxylic acids is 1. The molecule has 0 atom stereocenters. The number of nitrogens with one attached hydrogen (secondary N) is 3. The highest BCUT2D eigenvalue weighted by Gasteiger charge is 2.17. The van der Waals surface area contributed by atoms with Crippen LogP contribution in [0.5, 0.6) is 0 Å². The second kappa shape index (κ2) is 8.94. The third-order valence-corrected chi connectivity index (χ3v) is 6.21. The predicted octanol–water partition coefficient (Wildman–Crippen LogP) is 6.03. The van der Waals surface area contributed by atoms with Crippen LogP contribution >= 0.6 is 0 Å². The van der Waals surface area contributed by atoms with Gasteiger partial charge in [-0.15, -0.1) is 0 Å². The second-order valence-electron chi connectivity index (χ2n) is 8.86. The molecular formula is C28H22FN7O. The van der Waals surface area contributed by atoms with Crippen molar-refractivity contribution >= 4 is 33.7 Å². The highest BCUT2D eigenvalue weighted by atomic mass is 19.1. The van der Waals surface area contributed by atoms with Crippen LogP contribution in [-0.4, -0.2) is 36.0 Å². The van der Waals surface area contributed by atoms with Gasteiger partial charge in [0.05, 0.1) is 22.9 Å². The van der Waals surface area contributed by atoms with Crippen molar-refractivity contribution in [1.29, 1.82) is 0 Å². The summed E-state index contributed by atoms with van der Waals surface area (Å²) in [6, 6.07) is 14.6. The van der Waals surface area contributed by atoms with Crippen molar-refractivity contribution in [2.45, 2.75) is 20.3 Å². The first-order chi connectivity index (χ1) is 18.0. The number of rotatable bonds is 5. The van der Waals surface area contributed by atoms with Crippen molar-refractivity contribution in [3.8, 4) is 33.8 Å². The Morgan fingerprint density at radius 3 is 2.76 bits per heavy atom. The molecule has 0 aliphatic carbocycles. The van der Waals surface area contributed by atoms with Gasteiger partial charge in [-0.1, -0.05) is 19.1 Å². The molecule has 0 saturated carbocycles. The standard InChI is InChI=1S/C28H22FN7O/c1-3-24(37)32-20-11-18(13-30-14-20)16-4-5-23-22(12-16)26(36-35-23)28-33-25-21(6-7-31-27(25)34-28)17-8-15(2)9-19(29)10-17/h4-14H,3H2,1-2H3,(H,32,37)(H,35,36)(H,31,33,34). The van der Waals surface area contributed by atoms with E-state index in [0.717, 1.165) is 38.7 Å². The van der Waals surface area contributed by atoms with Crippen molar-refractivity contribution in [3.05, 3.63) is 78.5 Å². The lowest BCUT2D eigenvalue weighted by Gasteiger charge is -2.06. The summed E-state index contributed by atoms with van der Waals surface area (Å²) in [5.74, 6) is 0.185. The molecular weight excluding hydrogens is 469 g/mol. The first kappa shape index (κ1) is 22.5. The number of halogens is 1. The number of hydrogen-bond donors (Lipinski definition) is 3. The zero-order chi connectivity index (χ0) is 25.5. The molecule has 9 heteroatoms. The average molecular weight is 492 g/mol. The summed E-state index contributed by atoms with van der Waals surface area (Å²) in [4.78, 5) is 28.5. The van der Waals surface area contributed by atoms with Gasteiger partial charge in [0.2, 0.25) is 5.91 Å². The second-order valence-corrected chi connectivity index (χ2v) is 8.86. The number of nitrogens with zero attached hydrogens (tertiary/aromatic N) is 4. The Hall–Kier alpha value is -4.92. The maximum absolute atomic E-state index is 14.1. The zero-order valence-electron chi connectivity index (χ0n) is 20.1. The van der Waals surface area contributed by atoms with E-state index in [1.807, 2.05) is 43.3 Å². The molecule has 2 aromatic carbocycles. The first-order valence-electron chi connectivity index (χ1n) is 11.8. The molecule has 4 aromatic heterocycles. The van der Waals surface area contributed by atoms with E-state index in [-0.39, 0.29) is 11.7 Å². The summed E-state index contributed by atoms with van der Waals surface area (Å²) in [6.07, 6.45) is 5.43. The molecule has 6 aromatic rings. The molecule has 0 spiro atoms. The van der Waals surface area contributed by atoms with E-state index in [1.165, 1.54) is 12.1 Å². The number of H-pyrrole nitrogens is 2. The Labute approximate surface area is 211 Å². The summed E-state index contributed by atoms with van der Waals surface area (Å²) in [5, 5.41) is 11.3. The van der Waals surface area contributed by atoms with E-state index < -0.39 is 0 Å². The lowest BCUT2D eigenvalue weighted by atomic mass is 10.0. The Kier molecular flexibility index (Phi) is 5.45. The van der Waals surface area contributed by atoms with Gasteiger partial charge in [0.15, 0.2) is 11.5 Å². The van der Waals surface area contributed by atoms with Gasteiger partial charge >= 0.3 is 0 Å². The van der Waals surface area contributed by atoms with Gasteiger partial charge in [-0.25, -0.2) is 14.4 Å². The molecule has 0 fully saturated rings. The summed E-state index contributed by atoms with van der Waals surface area (Å²) in [7, 11) is 0. The number of aryl methyl sites for hydroxylation is 1. The topological polar surface area (TPSA) is 112 Å². The largest absolute Gasteiger partial charge is 0.335 e. The van der Waals surface area contributed by atoms with Gasteiger partial charge in [-0.3, -0.25) is 14.9 Å². The molecule has 182 valence electrons. The van der Waals surface area contributed by atoms with Gasteiger partial charge in [-0.05, 0) is 60.0 Å². The number of fused-ring (bicyclic) bond motifs is 2. The molecule has 37 heavy (non-hydrogen) atoms. The first-order valence-corrected chi connectivity index (χ1v) is 11.8. The maximum atomic E-state index is 14.1. The third-order valence-electron chi connectivity index (χ3n) is 6.21. The smallest absolute Gasteiger partial charge is 0.224 e. The number of anilines is 1. The quantitative estimate of drug-likeness (QED) is 0.273.